The predicted octanol–water partition coefficient (Wildman–Crippen LogP) is 1.58. The van der Waals surface area contributed by atoms with Crippen molar-refractivity contribution in [3.8, 4) is 0 Å². The zero-order valence-corrected chi connectivity index (χ0v) is 11.1. The summed E-state index contributed by atoms with van der Waals surface area (Å²) >= 11 is 3.91. The van der Waals surface area contributed by atoms with Crippen molar-refractivity contribution in [2.45, 2.75) is 15.7 Å². The van der Waals surface area contributed by atoms with Gasteiger partial charge in [0.1, 0.15) is 0 Å². The van der Waals surface area contributed by atoms with Gasteiger partial charge in [-0.25, -0.2) is 8.42 Å². The van der Waals surface area contributed by atoms with Gasteiger partial charge < -0.3 is 5.21 Å². The molecule has 0 N–H and O–H groups in total. The highest BCUT2D eigenvalue weighted by atomic mass is 32.2. The van der Waals surface area contributed by atoms with E-state index in [2.05, 4.69) is 12.6 Å². The normalized spacial score (nSPS) is 11.4. The number of hydrogen-bond donors (Lipinski definition) is 1. The van der Waals surface area contributed by atoms with Crippen molar-refractivity contribution >= 4 is 22.5 Å². The molecule has 0 aliphatic carbocycles. The van der Waals surface area contributed by atoms with Gasteiger partial charge >= 0.3 is 0 Å². The van der Waals surface area contributed by atoms with Gasteiger partial charge in [-0.1, -0.05) is 43.0 Å². The van der Waals surface area contributed by atoms with Crippen molar-refractivity contribution in [1.29, 1.82) is 0 Å². The Kier molecular flexibility index (Phi) is 3.58. The summed E-state index contributed by atoms with van der Waals surface area (Å²) in [5, 5.41) is 11.2. The van der Waals surface area contributed by atoms with E-state index in [4.69, 9.17) is 0 Å². The summed E-state index contributed by atoms with van der Waals surface area (Å²) in [4.78, 5) is 0.100. The third-order valence-corrected chi connectivity index (χ3v) is 4.44. The maximum atomic E-state index is 12.1. The van der Waals surface area contributed by atoms with Crippen LogP contribution in [-0.2, 0) is 15.6 Å². The molecular weight excluding hydrogens is 270 g/mol. The van der Waals surface area contributed by atoms with E-state index in [9.17, 15) is 13.6 Å². The number of aromatic nitrogens is 1. The van der Waals surface area contributed by atoms with Crippen LogP contribution >= 0.6 is 12.6 Å². The minimum atomic E-state index is -3.45. The molecule has 0 saturated carbocycles. The van der Waals surface area contributed by atoms with Gasteiger partial charge in [-0.2, -0.15) is 4.73 Å². The molecule has 0 aliphatic heterocycles. The fourth-order valence-corrected chi connectivity index (χ4v) is 3.18. The van der Waals surface area contributed by atoms with E-state index in [0.717, 1.165) is 6.20 Å². The van der Waals surface area contributed by atoms with Gasteiger partial charge in [0.15, 0.2) is 16.0 Å². The Morgan fingerprint density at radius 1 is 1.17 bits per heavy atom. The molecule has 6 heteroatoms. The molecule has 0 aliphatic rings. The topological polar surface area (TPSA) is 61.1 Å². The first kappa shape index (κ1) is 12.9. The van der Waals surface area contributed by atoms with Gasteiger partial charge in [-0.15, -0.1) is 0 Å². The summed E-state index contributed by atoms with van der Waals surface area (Å²) in [6.45, 7) is 0. The van der Waals surface area contributed by atoms with Crippen LogP contribution in [0.3, 0.4) is 0 Å². The van der Waals surface area contributed by atoms with Crippen LogP contribution in [0, 0.1) is 5.21 Å². The molecule has 0 unspecified atom stereocenters. The zero-order chi connectivity index (χ0) is 13.2. The maximum absolute atomic E-state index is 12.1. The van der Waals surface area contributed by atoms with Crippen molar-refractivity contribution in [3.05, 3.63) is 59.4 Å². The summed E-state index contributed by atoms with van der Waals surface area (Å²) in [6, 6.07) is 11.4. The maximum Gasteiger partial charge on any atom is 0.249 e. The lowest BCUT2D eigenvalue weighted by atomic mass is 10.2. The Hall–Kier alpha value is -1.53. The van der Waals surface area contributed by atoms with E-state index in [1.54, 1.807) is 24.3 Å². The molecule has 0 spiro atoms. The van der Waals surface area contributed by atoms with Crippen LogP contribution in [0.1, 0.15) is 5.56 Å². The summed E-state index contributed by atoms with van der Waals surface area (Å²) in [5.74, 6) is -0.0933. The highest BCUT2D eigenvalue weighted by molar-refractivity contribution is 7.90. The quantitative estimate of drug-likeness (QED) is 0.528. The van der Waals surface area contributed by atoms with Gasteiger partial charge in [0.2, 0.25) is 5.03 Å². The predicted molar refractivity (Wildman–Crippen MR) is 70.0 cm³/mol. The van der Waals surface area contributed by atoms with Crippen LogP contribution in [0.5, 0.6) is 0 Å². The van der Waals surface area contributed by atoms with E-state index in [1.165, 1.54) is 12.1 Å². The van der Waals surface area contributed by atoms with E-state index >= 15 is 0 Å². The van der Waals surface area contributed by atoms with Crippen molar-refractivity contribution in [1.82, 2.24) is 0 Å². The lowest BCUT2D eigenvalue weighted by molar-refractivity contribution is -0.645. The largest absolute Gasteiger partial charge is 0.618 e. The van der Waals surface area contributed by atoms with Crippen LogP contribution in [0.25, 0.3) is 0 Å². The molecule has 0 atom stereocenters. The van der Waals surface area contributed by atoms with Crippen LogP contribution in [0.15, 0.2) is 58.6 Å². The molecule has 1 aromatic heterocycles. The number of rotatable bonds is 3. The Bertz CT molecular complexity index is 654. The Morgan fingerprint density at radius 2 is 1.83 bits per heavy atom. The van der Waals surface area contributed by atoms with Gasteiger partial charge in [0, 0.05) is 12.1 Å². The molecule has 1 heterocycles. The van der Waals surface area contributed by atoms with Crippen LogP contribution in [0.2, 0.25) is 0 Å². The monoisotopic (exact) mass is 281 g/mol. The molecule has 0 bridgehead atoms. The first-order valence-electron chi connectivity index (χ1n) is 5.18. The Balaban J connectivity index is 2.34. The van der Waals surface area contributed by atoms with E-state index < -0.39 is 9.84 Å². The van der Waals surface area contributed by atoms with Gasteiger partial charge in [-0.3, -0.25) is 0 Å². The molecule has 4 nitrogen and oxygen atoms in total. The fraction of sp³-hybridized carbons (Fsp3) is 0.0833. The highest BCUT2D eigenvalue weighted by Gasteiger charge is 2.17. The summed E-state index contributed by atoms with van der Waals surface area (Å²) in [5.41, 5.74) is 0.706. The van der Waals surface area contributed by atoms with E-state index in [1.807, 2.05) is 6.07 Å². The SMILES string of the molecule is O=S(=O)(Cc1ccccc1)c1cc[n+]([O-])c(S)c1. The summed E-state index contributed by atoms with van der Waals surface area (Å²) in [6.07, 6.45) is 1.14. The van der Waals surface area contributed by atoms with Crippen molar-refractivity contribution in [2.75, 3.05) is 0 Å². The van der Waals surface area contributed by atoms with Crippen LogP contribution in [0.4, 0.5) is 0 Å². The lowest BCUT2D eigenvalue weighted by Gasteiger charge is -2.05. The highest BCUT2D eigenvalue weighted by Crippen LogP contribution is 2.17. The molecule has 94 valence electrons. The molecular formula is C12H11NO3S2. The molecule has 0 amide bonds. The minimum absolute atomic E-state index is 0.0594. The standard InChI is InChI=1S/C12H11NO3S2/c14-13-7-6-11(8-12(13)17)18(15,16)9-10-4-2-1-3-5-10/h1-8,17H,9H2. The smallest absolute Gasteiger partial charge is 0.249 e. The number of nitrogens with zero attached hydrogens (tertiary/aromatic N) is 1. The first-order valence-corrected chi connectivity index (χ1v) is 7.28. The summed E-state index contributed by atoms with van der Waals surface area (Å²) in [7, 11) is -3.45. The molecule has 2 aromatic rings. The Morgan fingerprint density at radius 3 is 2.44 bits per heavy atom. The molecule has 18 heavy (non-hydrogen) atoms. The minimum Gasteiger partial charge on any atom is -0.618 e. The van der Waals surface area contributed by atoms with Crippen molar-refractivity contribution in [3.63, 3.8) is 0 Å². The van der Waals surface area contributed by atoms with Crippen LogP contribution < -0.4 is 4.73 Å². The number of pyridine rings is 1. The third kappa shape index (κ3) is 2.83. The van der Waals surface area contributed by atoms with Gasteiger partial charge in [0.05, 0.1) is 10.6 Å². The number of benzene rings is 1. The second kappa shape index (κ2) is 4.99. The average molecular weight is 281 g/mol. The van der Waals surface area contributed by atoms with Gasteiger partial charge in [-0.05, 0) is 5.56 Å². The molecule has 0 radical (unpaired) electrons. The summed E-state index contributed by atoms with van der Waals surface area (Å²) < 4.78 is 24.7. The zero-order valence-electron chi connectivity index (χ0n) is 9.35. The van der Waals surface area contributed by atoms with Crippen LogP contribution in [-0.4, -0.2) is 8.42 Å². The van der Waals surface area contributed by atoms with Crippen molar-refractivity contribution in [2.24, 2.45) is 0 Å². The second-order valence-electron chi connectivity index (χ2n) is 3.79. The van der Waals surface area contributed by atoms with Gasteiger partial charge in [0.25, 0.3) is 0 Å². The molecule has 2 rings (SSSR count). The van der Waals surface area contributed by atoms with E-state index in [-0.39, 0.29) is 15.7 Å². The molecule has 1 aromatic carbocycles. The fourth-order valence-electron chi connectivity index (χ4n) is 1.53. The number of thiol groups is 1. The van der Waals surface area contributed by atoms with Crippen molar-refractivity contribution < 1.29 is 13.1 Å². The second-order valence-corrected chi connectivity index (χ2v) is 6.24. The lowest BCUT2D eigenvalue weighted by Crippen LogP contribution is -2.27. The first-order chi connectivity index (χ1) is 8.49. The van der Waals surface area contributed by atoms with E-state index in [0.29, 0.717) is 10.3 Å². The molecule has 0 fully saturated rings. The molecule has 0 saturated heterocycles. The third-order valence-electron chi connectivity index (χ3n) is 2.43. The Labute approximate surface area is 111 Å². The number of sulfone groups is 1. The number of hydrogen-bond acceptors (Lipinski definition) is 4. The average Bonchev–Trinajstić information content (AvgIpc) is 2.33.